The second-order valence-corrected chi connectivity index (χ2v) is 12.1. The van der Waals surface area contributed by atoms with E-state index in [1.54, 1.807) is 0 Å². The third-order valence-electron chi connectivity index (χ3n) is 8.93. The Morgan fingerprint density at radius 1 is 0.625 bits per heavy atom. The molecule has 1 aromatic carbocycles. The quantitative estimate of drug-likeness (QED) is 0.149. The summed E-state index contributed by atoms with van der Waals surface area (Å²) in [7, 11) is 0. The van der Waals surface area contributed by atoms with Crippen molar-refractivity contribution < 1.29 is 27.8 Å². The van der Waals surface area contributed by atoms with Gasteiger partial charge in [-0.2, -0.15) is 0 Å². The first-order valence-electron chi connectivity index (χ1n) is 16.2. The number of rotatable bonds is 16. The molecule has 0 heterocycles. The maximum atomic E-state index is 14.2. The van der Waals surface area contributed by atoms with Crippen molar-refractivity contribution in [2.24, 2.45) is 0 Å². The largest absolute Gasteiger partial charge is 0.460 e. The topological polar surface area (TPSA) is 52.6 Å². The molecule has 2 atom stereocenters. The van der Waals surface area contributed by atoms with Gasteiger partial charge >= 0.3 is 11.9 Å². The molecule has 0 aliphatic heterocycles. The Morgan fingerprint density at radius 2 is 0.975 bits per heavy atom. The van der Waals surface area contributed by atoms with E-state index in [1.165, 1.54) is 11.1 Å². The summed E-state index contributed by atoms with van der Waals surface area (Å²) in [6, 6.07) is 8.88. The number of ether oxygens (including phenoxy) is 2. The molecule has 2 aliphatic rings. The molecule has 0 spiro atoms. The highest BCUT2D eigenvalue weighted by atomic mass is 19.1. The minimum Gasteiger partial charge on any atom is -0.460 e. The van der Waals surface area contributed by atoms with Crippen LogP contribution in [0.25, 0.3) is 0 Å². The van der Waals surface area contributed by atoms with Gasteiger partial charge in [0.25, 0.3) is 0 Å². The zero-order chi connectivity index (χ0) is 28.7. The highest BCUT2D eigenvalue weighted by molar-refractivity contribution is 5.75. The fourth-order valence-electron chi connectivity index (χ4n) is 6.28. The van der Waals surface area contributed by atoms with Crippen molar-refractivity contribution in [1.82, 2.24) is 0 Å². The van der Waals surface area contributed by atoms with Crippen LogP contribution in [-0.2, 0) is 19.1 Å². The van der Waals surface area contributed by atoms with Crippen LogP contribution in [0, 0.1) is 0 Å². The van der Waals surface area contributed by atoms with Gasteiger partial charge in [-0.05, 0) is 100 Å². The van der Waals surface area contributed by atoms with E-state index in [-0.39, 0.29) is 25.0 Å². The summed E-state index contributed by atoms with van der Waals surface area (Å²) in [4.78, 5) is 24.3. The van der Waals surface area contributed by atoms with E-state index in [2.05, 4.69) is 38.1 Å². The lowest BCUT2D eigenvalue weighted by molar-refractivity contribution is -0.157. The second-order valence-electron chi connectivity index (χ2n) is 12.1. The van der Waals surface area contributed by atoms with E-state index in [0.717, 1.165) is 103 Å². The lowest BCUT2D eigenvalue weighted by atomic mass is 9.80. The van der Waals surface area contributed by atoms with E-state index < -0.39 is 24.3 Å². The highest BCUT2D eigenvalue weighted by Gasteiger charge is 2.30. The molecule has 0 amide bonds. The van der Waals surface area contributed by atoms with Crippen molar-refractivity contribution in [3.05, 3.63) is 35.4 Å². The molecule has 0 N–H and O–H groups in total. The molecule has 2 saturated carbocycles. The number of benzene rings is 1. The van der Waals surface area contributed by atoms with E-state index >= 15 is 0 Å². The lowest BCUT2D eigenvalue weighted by Crippen LogP contribution is -2.28. The van der Waals surface area contributed by atoms with Crippen molar-refractivity contribution in [3.63, 3.8) is 0 Å². The van der Waals surface area contributed by atoms with Crippen LogP contribution in [0.2, 0.25) is 0 Å². The smallest absolute Gasteiger partial charge is 0.340 e. The number of carbonyl (C=O) groups is 2. The first-order chi connectivity index (χ1) is 19.4. The van der Waals surface area contributed by atoms with Crippen molar-refractivity contribution in [2.75, 3.05) is 0 Å². The molecule has 0 bridgehead atoms. The predicted octanol–water partition coefficient (Wildman–Crippen LogP) is 9.44. The lowest BCUT2D eigenvalue weighted by Gasteiger charge is -2.30. The molecule has 2 fully saturated rings. The Morgan fingerprint density at radius 3 is 1.30 bits per heavy atom. The molecule has 0 saturated heterocycles. The van der Waals surface area contributed by atoms with E-state index in [1.807, 2.05) is 0 Å². The molecule has 6 heteroatoms. The number of hydrogen-bond acceptors (Lipinski definition) is 4. The fraction of sp³-hybridized carbons (Fsp3) is 0.765. The molecule has 0 unspecified atom stereocenters. The minimum atomic E-state index is -1.50. The summed E-state index contributed by atoms with van der Waals surface area (Å²) in [5.41, 5.74) is 2.62. The standard InChI is InChI=1S/C34H52F2O4/c1-3-5-7-9-11-31(35)33(37)39-29-21-17-27(18-22-29)25-13-15-26(16-14-25)28-19-23-30(24-20-28)40-34(38)32(36)12-10-8-6-4-2/h13-16,27-32H,3-12,17-24H2,1-2H3/t27-,28-,29-,30-,31-,32-/m1/s1. The summed E-state index contributed by atoms with van der Waals surface area (Å²) in [5, 5.41) is 0. The number of carbonyl (C=O) groups excluding carboxylic acids is 2. The Bertz CT molecular complexity index is 786. The van der Waals surface area contributed by atoms with Crippen LogP contribution >= 0.6 is 0 Å². The normalized spacial score (nSPS) is 24.7. The SMILES string of the molecule is CCCCCC[C@@H](F)C(=O)O[C@H]1CC[C@H](c2ccc([C@H]3CC[C@H](OC(=O)[C@H](F)CCCCCC)CC3)cc2)CC1. The third kappa shape index (κ3) is 10.8. The Kier molecular flexibility index (Phi) is 14.4. The monoisotopic (exact) mass is 562 g/mol. The van der Waals surface area contributed by atoms with Crippen molar-refractivity contribution >= 4 is 11.9 Å². The van der Waals surface area contributed by atoms with Gasteiger partial charge in [-0.15, -0.1) is 0 Å². The second kappa shape index (κ2) is 17.7. The number of halogens is 2. The van der Waals surface area contributed by atoms with Gasteiger partial charge in [-0.25, -0.2) is 18.4 Å². The van der Waals surface area contributed by atoms with Crippen LogP contribution in [0.3, 0.4) is 0 Å². The number of alkyl halides is 2. The van der Waals surface area contributed by atoms with E-state index in [9.17, 15) is 18.4 Å². The molecule has 1 aromatic rings. The highest BCUT2D eigenvalue weighted by Crippen LogP contribution is 2.37. The van der Waals surface area contributed by atoms with Gasteiger partial charge in [0.1, 0.15) is 12.2 Å². The zero-order valence-corrected chi connectivity index (χ0v) is 24.9. The van der Waals surface area contributed by atoms with Gasteiger partial charge < -0.3 is 9.47 Å². The Hall–Kier alpha value is -1.98. The molecule has 40 heavy (non-hydrogen) atoms. The molecule has 226 valence electrons. The summed E-state index contributed by atoms with van der Waals surface area (Å²) < 4.78 is 39.3. The zero-order valence-electron chi connectivity index (χ0n) is 24.9. The van der Waals surface area contributed by atoms with Gasteiger partial charge in [-0.3, -0.25) is 0 Å². The van der Waals surface area contributed by atoms with Crippen LogP contribution < -0.4 is 0 Å². The average Bonchev–Trinajstić information content (AvgIpc) is 2.98. The summed E-state index contributed by atoms with van der Waals surface area (Å²) >= 11 is 0. The van der Waals surface area contributed by atoms with E-state index in [0.29, 0.717) is 11.8 Å². The molecule has 0 radical (unpaired) electrons. The van der Waals surface area contributed by atoms with Gasteiger partial charge in [0.15, 0.2) is 12.3 Å². The fourth-order valence-corrected chi connectivity index (χ4v) is 6.28. The van der Waals surface area contributed by atoms with Crippen LogP contribution in [0.5, 0.6) is 0 Å². The first kappa shape index (κ1) is 32.5. The van der Waals surface area contributed by atoms with Gasteiger partial charge in [0, 0.05) is 0 Å². The maximum Gasteiger partial charge on any atom is 0.340 e. The van der Waals surface area contributed by atoms with Crippen LogP contribution in [0.15, 0.2) is 24.3 Å². The molecule has 4 nitrogen and oxygen atoms in total. The first-order valence-corrected chi connectivity index (χ1v) is 16.2. The van der Waals surface area contributed by atoms with Crippen LogP contribution in [-0.4, -0.2) is 36.5 Å². The number of esters is 2. The summed E-state index contributed by atoms with van der Waals surface area (Å²) in [5.74, 6) is -0.489. The minimum absolute atomic E-state index is 0.171. The van der Waals surface area contributed by atoms with Crippen LogP contribution in [0.1, 0.15) is 152 Å². The molecule has 2 aliphatic carbocycles. The van der Waals surface area contributed by atoms with Crippen LogP contribution in [0.4, 0.5) is 8.78 Å². The van der Waals surface area contributed by atoms with Gasteiger partial charge in [0.2, 0.25) is 0 Å². The summed E-state index contributed by atoms with van der Waals surface area (Å²) in [6.45, 7) is 4.22. The van der Waals surface area contributed by atoms with Crippen molar-refractivity contribution in [2.45, 2.75) is 166 Å². The predicted molar refractivity (Wildman–Crippen MR) is 156 cm³/mol. The average molecular weight is 563 g/mol. The molecule has 0 aromatic heterocycles. The van der Waals surface area contributed by atoms with Crippen molar-refractivity contribution in [1.29, 1.82) is 0 Å². The Balaban J connectivity index is 1.35. The van der Waals surface area contributed by atoms with E-state index in [4.69, 9.17) is 9.47 Å². The third-order valence-corrected chi connectivity index (χ3v) is 8.93. The maximum absolute atomic E-state index is 14.2. The van der Waals surface area contributed by atoms with Gasteiger partial charge in [-0.1, -0.05) is 76.6 Å². The Labute approximate surface area is 241 Å². The summed E-state index contributed by atoms with van der Waals surface area (Å²) in [6.07, 6.45) is 11.8. The molecular formula is C34H52F2O4. The van der Waals surface area contributed by atoms with Crippen molar-refractivity contribution in [3.8, 4) is 0 Å². The number of hydrogen-bond donors (Lipinski definition) is 0. The molecular weight excluding hydrogens is 510 g/mol. The number of unbranched alkanes of at least 4 members (excludes halogenated alkanes) is 6. The van der Waals surface area contributed by atoms with Gasteiger partial charge in [0.05, 0.1) is 0 Å². The molecule has 3 rings (SSSR count).